The molecule has 1 aromatic rings. The maximum atomic E-state index is 12.3. The molecule has 0 bridgehead atoms. The lowest BCUT2D eigenvalue weighted by Crippen LogP contribution is -2.41. The first-order valence-electron chi connectivity index (χ1n) is 7.81. The highest BCUT2D eigenvalue weighted by Gasteiger charge is 2.23. The summed E-state index contributed by atoms with van der Waals surface area (Å²) in [5.41, 5.74) is 0.757. The van der Waals surface area contributed by atoms with Crippen molar-refractivity contribution in [2.24, 2.45) is 5.92 Å². The molecule has 126 valence electrons. The molecule has 0 spiro atoms. The van der Waals surface area contributed by atoms with Crippen molar-refractivity contribution < 1.29 is 9.72 Å². The molecule has 1 saturated heterocycles. The number of nitro benzene ring substituents is 1. The second-order valence-electron chi connectivity index (χ2n) is 6.32. The Morgan fingerprint density at radius 1 is 1.57 bits per heavy atom. The fraction of sp³-hybridized carbons (Fsp3) is 0.562. The van der Waals surface area contributed by atoms with Crippen molar-refractivity contribution in [3.63, 3.8) is 0 Å². The van der Waals surface area contributed by atoms with Crippen LogP contribution in [0.15, 0.2) is 24.3 Å². The first kappa shape index (κ1) is 17.2. The number of hydrogen-bond acceptors (Lipinski definition) is 4. The minimum absolute atomic E-state index is 0.0333. The lowest BCUT2D eigenvalue weighted by Gasteiger charge is -2.24. The Kier molecular flexibility index (Phi) is 5.54. The van der Waals surface area contributed by atoms with E-state index in [1.54, 1.807) is 24.1 Å². The number of nitro groups is 1. The molecule has 1 aliphatic heterocycles. The lowest BCUT2D eigenvalue weighted by molar-refractivity contribution is -0.384. The number of carbonyl (C=O) groups excluding carboxylic acids is 1. The van der Waals surface area contributed by atoms with E-state index in [9.17, 15) is 14.9 Å². The van der Waals surface area contributed by atoms with E-state index in [-0.39, 0.29) is 17.8 Å². The van der Waals surface area contributed by atoms with Gasteiger partial charge in [0.25, 0.3) is 5.69 Å². The fourth-order valence-corrected chi connectivity index (χ4v) is 2.93. The Bertz CT molecular complexity index is 578. The smallest absolute Gasteiger partial charge is 0.317 e. The highest BCUT2D eigenvalue weighted by molar-refractivity contribution is 5.74. The first-order valence-corrected chi connectivity index (χ1v) is 7.81. The van der Waals surface area contributed by atoms with E-state index in [2.05, 4.69) is 17.3 Å². The summed E-state index contributed by atoms with van der Waals surface area (Å²) in [6.07, 6.45) is 1.11. The minimum Gasteiger partial charge on any atom is -0.331 e. The number of rotatable bonds is 5. The lowest BCUT2D eigenvalue weighted by atomic mass is 10.1. The molecule has 0 saturated carbocycles. The molecule has 7 heteroatoms. The van der Waals surface area contributed by atoms with Crippen LogP contribution in [0.1, 0.15) is 24.9 Å². The van der Waals surface area contributed by atoms with Gasteiger partial charge in [-0.15, -0.1) is 0 Å². The summed E-state index contributed by atoms with van der Waals surface area (Å²) in [6.45, 7) is 4.63. The van der Waals surface area contributed by atoms with Crippen LogP contribution < -0.4 is 5.32 Å². The normalized spacial score (nSPS) is 19.3. The zero-order valence-corrected chi connectivity index (χ0v) is 13.9. The summed E-state index contributed by atoms with van der Waals surface area (Å²) < 4.78 is 0. The standard InChI is InChI=1S/C16H24N4O3/c1-12(14-5-4-6-15(9-14)20(22)23)17-16(21)19(3)11-13-7-8-18(2)10-13/h4-6,9,12-13H,7-8,10-11H2,1-3H3,(H,17,21)/t12-,13-/m1/s1. The molecule has 1 aromatic carbocycles. The van der Waals surface area contributed by atoms with E-state index >= 15 is 0 Å². The van der Waals surface area contributed by atoms with Crippen molar-refractivity contribution in [2.45, 2.75) is 19.4 Å². The van der Waals surface area contributed by atoms with Gasteiger partial charge in [0.2, 0.25) is 0 Å². The number of nitrogens with one attached hydrogen (secondary N) is 1. The van der Waals surface area contributed by atoms with E-state index in [1.807, 2.05) is 6.92 Å². The Hall–Kier alpha value is -2.15. The second-order valence-corrected chi connectivity index (χ2v) is 6.32. The zero-order valence-electron chi connectivity index (χ0n) is 13.9. The largest absolute Gasteiger partial charge is 0.331 e. The molecule has 1 N–H and O–H groups in total. The Labute approximate surface area is 136 Å². The summed E-state index contributed by atoms with van der Waals surface area (Å²) in [5, 5.41) is 13.7. The maximum Gasteiger partial charge on any atom is 0.317 e. The van der Waals surface area contributed by atoms with E-state index in [0.717, 1.165) is 31.6 Å². The van der Waals surface area contributed by atoms with Gasteiger partial charge in [-0.3, -0.25) is 10.1 Å². The van der Waals surface area contributed by atoms with Gasteiger partial charge in [-0.2, -0.15) is 0 Å². The van der Waals surface area contributed by atoms with Gasteiger partial charge >= 0.3 is 6.03 Å². The molecule has 1 aliphatic rings. The maximum absolute atomic E-state index is 12.3. The molecule has 23 heavy (non-hydrogen) atoms. The summed E-state index contributed by atoms with van der Waals surface area (Å²) in [5.74, 6) is 0.504. The minimum atomic E-state index is -0.430. The average molecular weight is 320 g/mol. The van der Waals surface area contributed by atoms with E-state index in [0.29, 0.717) is 5.92 Å². The van der Waals surface area contributed by atoms with Crippen molar-refractivity contribution in [3.8, 4) is 0 Å². The molecule has 0 aromatic heterocycles. The fourth-order valence-electron chi connectivity index (χ4n) is 2.93. The number of hydrogen-bond donors (Lipinski definition) is 1. The molecule has 2 amide bonds. The molecule has 2 atom stereocenters. The van der Waals surface area contributed by atoms with Crippen molar-refractivity contribution in [3.05, 3.63) is 39.9 Å². The van der Waals surface area contributed by atoms with Crippen LogP contribution in [-0.4, -0.2) is 54.5 Å². The summed E-state index contributed by atoms with van der Waals surface area (Å²) >= 11 is 0. The number of benzene rings is 1. The van der Waals surface area contributed by atoms with Crippen molar-refractivity contribution in [1.29, 1.82) is 0 Å². The van der Waals surface area contributed by atoms with Crippen molar-refractivity contribution in [1.82, 2.24) is 15.1 Å². The molecular weight excluding hydrogens is 296 g/mol. The Morgan fingerprint density at radius 2 is 2.30 bits per heavy atom. The number of likely N-dealkylation sites (tertiary alicyclic amines) is 1. The Morgan fingerprint density at radius 3 is 2.91 bits per heavy atom. The van der Waals surface area contributed by atoms with Gasteiger partial charge in [0.05, 0.1) is 11.0 Å². The summed E-state index contributed by atoms with van der Waals surface area (Å²) in [7, 11) is 3.87. The molecule has 0 unspecified atom stereocenters. The first-order chi connectivity index (χ1) is 10.9. The highest BCUT2D eigenvalue weighted by atomic mass is 16.6. The highest BCUT2D eigenvalue weighted by Crippen LogP contribution is 2.19. The number of carbonyl (C=O) groups is 1. The Balaban J connectivity index is 1.91. The second kappa shape index (κ2) is 7.41. The molecule has 0 radical (unpaired) electrons. The SMILES string of the molecule is C[C@@H](NC(=O)N(C)C[C@@H]1CCN(C)C1)c1cccc([N+](=O)[O-])c1. The number of non-ortho nitro benzene ring substituents is 1. The van der Waals surface area contributed by atoms with Crippen LogP contribution in [0.3, 0.4) is 0 Å². The van der Waals surface area contributed by atoms with Crippen LogP contribution >= 0.6 is 0 Å². The van der Waals surface area contributed by atoms with Crippen LogP contribution in [0.4, 0.5) is 10.5 Å². The average Bonchev–Trinajstić information content (AvgIpc) is 2.92. The predicted molar refractivity (Wildman–Crippen MR) is 88.3 cm³/mol. The quantitative estimate of drug-likeness (QED) is 0.666. The van der Waals surface area contributed by atoms with Crippen LogP contribution in [0.25, 0.3) is 0 Å². The van der Waals surface area contributed by atoms with Crippen LogP contribution in [0.2, 0.25) is 0 Å². The monoisotopic (exact) mass is 320 g/mol. The third kappa shape index (κ3) is 4.66. The molecular formula is C16H24N4O3. The van der Waals surface area contributed by atoms with Crippen LogP contribution in [0, 0.1) is 16.0 Å². The number of urea groups is 1. The molecule has 1 heterocycles. The van der Waals surface area contributed by atoms with Crippen molar-refractivity contribution in [2.75, 3.05) is 33.7 Å². The molecule has 0 aliphatic carbocycles. The van der Waals surface area contributed by atoms with E-state index in [1.165, 1.54) is 12.1 Å². The number of amides is 2. The van der Waals surface area contributed by atoms with Gasteiger partial charge in [-0.1, -0.05) is 12.1 Å². The van der Waals surface area contributed by atoms with Gasteiger partial charge in [0.1, 0.15) is 0 Å². The van der Waals surface area contributed by atoms with E-state index < -0.39 is 4.92 Å². The van der Waals surface area contributed by atoms with Crippen LogP contribution in [-0.2, 0) is 0 Å². The van der Waals surface area contributed by atoms with Gasteiger partial charge in [-0.05, 0) is 38.4 Å². The third-order valence-electron chi connectivity index (χ3n) is 4.29. The molecule has 1 fully saturated rings. The predicted octanol–water partition coefficient (Wildman–Crippen LogP) is 2.25. The van der Waals surface area contributed by atoms with Gasteiger partial charge in [-0.25, -0.2) is 4.79 Å². The van der Waals surface area contributed by atoms with Crippen LogP contribution in [0.5, 0.6) is 0 Å². The van der Waals surface area contributed by atoms with Gasteiger partial charge in [0.15, 0.2) is 0 Å². The zero-order chi connectivity index (χ0) is 17.0. The van der Waals surface area contributed by atoms with E-state index in [4.69, 9.17) is 0 Å². The summed E-state index contributed by atoms with van der Waals surface area (Å²) in [6, 6.07) is 5.92. The topological polar surface area (TPSA) is 78.7 Å². The van der Waals surface area contributed by atoms with Crippen molar-refractivity contribution >= 4 is 11.7 Å². The third-order valence-corrected chi connectivity index (χ3v) is 4.29. The molecule has 7 nitrogen and oxygen atoms in total. The van der Waals surface area contributed by atoms with Gasteiger partial charge in [0, 0.05) is 32.3 Å². The summed E-state index contributed by atoms with van der Waals surface area (Å²) in [4.78, 5) is 26.6. The molecule has 2 rings (SSSR count). The van der Waals surface area contributed by atoms with Gasteiger partial charge < -0.3 is 15.1 Å². The number of nitrogens with zero attached hydrogens (tertiary/aromatic N) is 3.